The Balaban J connectivity index is 1.64. The van der Waals surface area contributed by atoms with Gasteiger partial charge in [-0.1, -0.05) is 23.9 Å². The topological polar surface area (TPSA) is 91.0 Å². The van der Waals surface area contributed by atoms with E-state index in [0.717, 1.165) is 11.8 Å². The number of carbonyl (C=O) groups excluding carboxylic acids is 1. The molecule has 0 unspecified atom stereocenters. The van der Waals surface area contributed by atoms with Crippen molar-refractivity contribution in [3.63, 3.8) is 0 Å². The van der Waals surface area contributed by atoms with Crippen LogP contribution in [0, 0.1) is 0 Å². The number of fused-ring (bicyclic) bond motifs is 1. The second kappa shape index (κ2) is 10.0. The SMILES string of the molecule is CC(C)n1nccc1NC(=O)CSc1nc2ccccc2c(=O)n1-c1ccc(OC(F)F)cc1. The van der Waals surface area contributed by atoms with Crippen molar-refractivity contribution < 1.29 is 18.3 Å². The second-order valence-corrected chi connectivity index (χ2v) is 8.46. The van der Waals surface area contributed by atoms with E-state index in [2.05, 4.69) is 20.1 Å². The first-order valence-corrected chi connectivity index (χ1v) is 11.3. The fourth-order valence-electron chi connectivity index (χ4n) is 3.35. The summed E-state index contributed by atoms with van der Waals surface area (Å²) in [5.41, 5.74) is 0.557. The molecule has 0 saturated carbocycles. The summed E-state index contributed by atoms with van der Waals surface area (Å²) in [6.07, 6.45) is 1.60. The lowest BCUT2D eigenvalue weighted by atomic mass is 10.2. The van der Waals surface area contributed by atoms with Crippen molar-refractivity contribution in [2.24, 2.45) is 0 Å². The summed E-state index contributed by atoms with van der Waals surface area (Å²) >= 11 is 1.09. The normalized spacial score (nSPS) is 11.4. The predicted molar refractivity (Wildman–Crippen MR) is 126 cm³/mol. The van der Waals surface area contributed by atoms with Crippen molar-refractivity contribution >= 4 is 34.4 Å². The highest BCUT2D eigenvalue weighted by Gasteiger charge is 2.16. The molecular weight excluding hydrogens is 464 g/mol. The first-order chi connectivity index (χ1) is 16.3. The van der Waals surface area contributed by atoms with Crippen molar-refractivity contribution in [3.8, 4) is 11.4 Å². The lowest BCUT2D eigenvalue weighted by Gasteiger charge is -2.14. The van der Waals surface area contributed by atoms with Gasteiger partial charge in [0, 0.05) is 12.1 Å². The van der Waals surface area contributed by atoms with Crippen LogP contribution >= 0.6 is 11.8 Å². The molecule has 2 aromatic heterocycles. The number of nitrogens with one attached hydrogen (secondary N) is 1. The number of nitrogens with zero attached hydrogens (tertiary/aromatic N) is 4. The van der Waals surface area contributed by atoms with Crippen LogP contribution in [0.2, 0.25) is 0 Å². The van der Waals surface area contributed by atoms with Gasteiger partial charge in [0.2, 0.25) is 5.91 Å². The largest absolute Gasteiger partial charge is 0.435 e. The van der Waals surface area contributed by atoms with Crippen molar-refractivity contribution in [2.75, 3.05) is 11.1 Å². The number of para-hydroxylation sites is 1. The zero-order chi connectivity index (χ0) is 24.2. The van der Waals surface area contributed by atoms with Gasteiger partial charge in [-0.15, -0.1) is 0 Å². The average molecular weight is 486 g/mol. The van der Waals surface area contributed by atoms with Crippen molar-refractivity contribution in [2.45, 2.75) is 31.7 Å². The van der Waals surface area contributed by atoms with Crippen LogP contribution in [0.1, 0.15) is 19.9 Å². The Bertz CT molecular complexity index is 1370. The molecule has 0 aliphatic rings. The van der Waals surface area contributed by atoms with Crippen LogP contribution in [0.5, 0.6) is 5.75 Å². The third kappa shape index (κ3) is 5.09. The molecule has 34 heavy (non-hydrogen) atoms. The average Bonchev–Trinajstić information content (AvgIpc) is 3.27. The molecule has 1 amide bonds. The Morgan fingerprint density at radius 3 is 2.56 bits per heavy atom. The summed E-state index contributed by atoms with van der Waals surface area (Å²) in [4.78, 5) is 30.5. The van der Waals surface area contributed by atoms with E-state index < -0.39 is 6.61 Å². The van der Waals surface area contributed by atoms with E-state index >= 15 is 0 Å². The number of hydrogen-bond acceptors (Lipinski definition) is 6. The van der Waals surface area contributed by atoms with Crippen LogP contribution < -0.4 is 15.6 Å². The van der Waals surface area contributed by atoms with E-state index in [-0.39, 0.29) is 29.0 Å². The van der Waals surface area contributed by atoms with E-state index in [0.29, 0.717) is 27.6 Å². The molecule has 176 valence electrons. The van der Waals surface area contributed by atoms with Crippen LogP contribution in [0.3, 0.4) is 0 Å². The summed E-state index contributed by atoms with van der Waals surface area (Å²) in [5, 5.41) is 7.69. The smallest absolute Gasteiger partial charge is 0.387 e. The Morgan fingerprint density at radius 2 is 1.85 bits per heavy atom. The zero-order valence-electron chi connectivity index (χ0n) is 18.3. The molecule has 0 spiro atoms. The summed E-state index contributed by atoms with van der Waals surface area (Å²) in [5.74, 6) is 0.234. The molecule has 1 N–H and O–H groups in total. The van der Waals surface area contributed by atoms with Gasteiger partial charge in [0.25, 0.3) is 5.56 Å². The molecule has 0 fully saturated rings. The Kier molecular flexibility index (Phi) is 6.92. The number of carbonyl (C=O) groups is 1. The van der Waals surface area contributed by atoms with Crippen LogP contribution in [-0.4, -0.2) is 37.6 Å². The van der Waals surface area contributed by atoms with Gasteiger partial charge in [-0.25, -0.2) is 9.67 Å². The lowest BCUT2D eigenvalue weighted by molar-refractivity contribution is -0.113. The third-order valence-corrected chi connectivity index (χ3v) is 5.76. The van der Waals surface area contributed by atoms with Gasteiger partial charge in [0.1, 0.15) is 11.6 Å². The molecule has 2 heterocycles. The molecule has 4 rings (SSSR count). The van der Waals surface area contributed by atoms with Crippen molar-refractivity contribution in [1.82, 2.24) is 19.3 Å². The van der Waals surface area contributed by atoms with Gasteiger partial charge in [0.15, 0.2) is 5.16 Å². The van der Waals surface area contributed by atoms with E-state index in [9.17, 15) is 18.4 Å². The number of aromatic nitrogens is 4. The Labute approximate surface area is 197 Å². The number of ether oxygens (including phenoxy) is 1. The fraction of sp³-hybridized carbons (Fsp3) is 0.217. The minimum Gasteiger partial charge on any atom is -0.435 e. The van der Waals surface area contributed by atoms with Gasteiger partial charge < -0.3 is 10.1 Å². The minimum absolute atomic E-state index is 0.0133. The Morgan fingerprint density at radius 1 is 1.12 bits per heavy atom. The minimum atomic E-state index is -2.95. The molecule has 0 radical (unpaired) electrons. The number of alkyl halides is 2. The van der Waals surface area contributed by atoms with Gasteiger partial charge in [-0.3, -0.25) is 14.2 Å². The summed E-state index contributed by atoms with van der Waals surface area (Å²) in [6, 6.07) is 14.3. The van der Waals surface area contributed by atoms with Gasteiger partial charge in [-0.05, 0) is 50.2 Å². The number of thioether (sulfide) groups is 1. The fourth-order valence-corrected chi connectivity index (χ4v) is 4.16. The predicted octanol–water partition coefficient (Wildman–Crippen LogP) is 4.50. The molecule has 11 heteroatoms. The molecule has 0 atom stereocenters. The maximum atomic E-state index is 13.3. The van der Waals surface area contributed by atoms with Crippen LogP contribution in [0.15, 0.2) is 70.7 Å². The number of halogens is 2. The van der Waals surface area contributed by atoms with Crippen LogP contribution in [0.4, 0.5) is 14.6 Å². The molecule has 0 aliphatic carbocycles. The Hall–Kier alpha value is -3.73. The van der Waals surface area contributed by atoms with E-state index in [1.54, 1.807) is 41.2 Å². The van der Waals surface area contributed by atoms with E-state index in [1.165, 1.54) is 28.8 Å². The zero-order valence-corrected chi connectivity index (χ0v) is 19.1. The summed E-state index contributed by atoms with van der Waals surface area (Å²) in [6.45, 7) is 0.951. The highest BCUT2D eigenvalue weighted by atomic mass is 32.2. The van der Waals surface area contributed by atoms with Gasteiger partial charge in [-0.2, -0.15) is 13.9 Å². The van der Waals surface area contributed by atoms with Crippen molar-refractivity contribution in [1.29, 1.82) is 0 Å². The molecule has 8 nitrogen and oxygen atoms in total. The number of rotatable bonds is 8. The van der Waals surface area contributed by atoms with Crippen molar-refractivity contribution in [3.05, 3.63) is 71.1 Å². The standard InChI is InChI=1S/C23H21F2N5O3S/c1-14(2)30-19(11-12-26-30)28-20(31)13-34-23-27-18-6-4-3-5-17(18)21(32)29(23)15-7-9-16(10-8-15)33-22(24)25/h3-12,14,22H,13H2,1-2H3,(H,28,31). The van der Waals surface area contributed by atoms with Crippen LogP contribution in [0.25, 0.3) is 16.6 Å². The molecule has 0 bridgehead atoms. The number of hydrogen-bond donors (Lipinski definition) is 1. The summed E-state index contributed by atoms with van der Waals surface area (Å²) < 4.78 is 32.4. The quantitative estimate of drug-likeness (QED) is 0.292. The summed E-state index contributed by atoms with van der Waals surface area (Å²) in [7, 11) is 0. The molecule has 0 saturated heterocycles. The first-order valence-electron chi connectivity index (χ1n) is 10.4. The monoisotopic (exact) mass is 485 g/mol. The molecular formula is C23H21F2N5O3S. The molecule has 2 aromatic carbocycles. The van der Waals surface area contributed by atoms with E-state index in [1.807, 2.05) is 13.8 Å². The number of amides is 1. The highest BCUT2D eigenvalue weighted by Crippen LogP contribution is 2.24. The number of anilines is 1. The maximum Gasteiger partial charge on any atom is 0.387 e. The molecule has 0 aliphatic heterocycles. The third-order valence-electron chi connectivity index (χ3n) is 4.82. The number of benzene rings is 2. The van der Waals surface area contributed by atoms with Gasteiger partial charge >= 0.3 is 6.61 Å². The van der Waals surface area contributed by atoms with Gasteiger partial charge in [0.05, 0.1) is 28.5 Å². The van der Waals surface area contributed by atoms with Crippen LogP contribution in [-0.2, 0) is 4.79 Å². The highest BCUT2D eigenvalue weighted by molar-refractivity contribution is 7.99. The first kappa shape index (κ1) is 23.4. The second-order valence-electron chi connectivity index (χ2n) is 7.52. The van der Waals surface area contributed by atoms with E-state index in [4.69, 9.17) is 0 Å². The maximum absolute atomic E-state index is 13.3. The molecule has 4 aromatic rings. The lowest BCUT2D eigenvalue weighted by Crippen LogP contribution is -2.23.